The van der Waals surface area contributed by atoms with E-state index in [4.69, 9.17) is 0 Å². The summed E-state index contributed by atoms with van der Waals surface area (Å²) >= 11 is 0. The van der Waals surface area contributed by atoms with E-state index in [9.17, 15) is 0 Å². The highest BCUT2D eigenvalue weighted by molar-refractivity contribution is 7.12. The first-order valence-corrected chi connectivity index (χ1v) is 10.3. The summed E-state index contributed by atoms with van der Waals surface area (Å²) in [6.45, 7) is 0. The van der Waals surface area contributed by atoms with Gasteiger partial charge >= 0.3 is 0 Å². The number of rotatable bonds is 4. The Kier molecular flexibility index (Phi) is 3.72. The molecule has 0 aromatic heterocycles. The van der Waals surface area contributed by atoms with Gasteiger partial charge in [0.25, 0.3) is 0 Å². The fourth-order valence-electron chi connectivity index (χ4n) is 3.94. The zero-order valence-corrected chi connectivity index (χ0v) is 14.2. The highest BCUT2D eigenvalue weighted by atomic mass is 28.3. The number of hydrogen-bond acceptors (Lipinski definition) is 0. The van der Waals surface area contributed by atoms with E-state index in [1.807, 2.05) is 0 Å². The third kappa shape index (κ3) is 2.29. The molecule has 2 aliphatic carbocycles. The predicted octanol–water partition coefficient (Wildman–Crippen LogP) is 4.10. The van der Waals surface area contributed by atoms with E-state index in [2.05, 4.69) is 97.1 Å². The van der Waals surface area contributed by atoms with Crippen LogP contribution in [0.15, 0.2) is 108 Å². The Bertz CT molecular complexity index is 736. The molecule has 0 fully saturated rings. The van der Waals surface area contributed by atoms with Crippen molar-refractivity contribution in [2.75, 3.05) is 0 Å². The predicted molar refractivity (Wildman–Crippen MR) is 102 cm³/mol. The van der Waals surface area contributed by atoms with Crippen LogP contribution in [0.5, 0.6) is 0 Å². The van der Waals surface area contributed by atoms with Crippen molar-refractivity contribution < 1.29 is 0 Å². The first-order chi connectivity index (χ1) is 11.4. The van der Waals surface area contributed by atoms with Crippen molar-refractivity contribution in [2.45, 2.75) is 12.8 Å². The molecule has 0 unspecified atom stereocenters. The highest BCUT2D eigenvalue weighted by Gasteiger charge is 2.44. The lowest BCUT2D eigenvalue weighted by molar-refractivity contribution is 1.32. The Hall–Kier alpha value is -2.38. The summed E-state index contributed by atoms with van der Waals surface area (Å²) in [5.41, 5.74) is 0. The third-order valence-electron chi connectivity index (χ3n) is 4.92. The molecule has 0 bridgehead atoms. The van der Waals surface area contributed by atoms with E-state index >= 15 is 0 Å². The van der Waals surface area contributed by atoms with Crippen molar-refractivity contribution in [1.29, 1.82) is 0 Å². The minimum Gasteiger partial charge on any atom is -0.0808 e. The quantitative estimate of drug-likeness (QED) is 0.746. The fourth-order valence-corrected chi connectivity index (χ4v) is 9.10. The molecule has 0 amide bonds. The molecule has 0 saturated heterocycles. The molecule has 0 spiro atoms. The van der Waals surface area contributed by atoms with Gasteiger partial charge in [-0.3, -0.25) is 0 Å². The number of allylic oxidation sites excluding steroid dienone is 8. The normalized spacial score (nSPS) is 16.5. The molecule has 0 heterocycles. The van der Waals surface area contributed by atoms with E-state index in [-0.39, 0.29) is 0 Å². The Balaban J connectivity index is 2.02. The van der Waals surface area contributed by atoms with Crippen LogP contribution in [0.4, 0.5) is 0 Å². The van der Waals surface area contributed by atoms with Gasteiger partial charge in [0.05, 0.1) is 0 Å². The molecule has 0 radical (unpaired) electrons. The average Bonchev–Trinajstić information content (AvgIpc) is 3.32. The maximum Gasteiger partial charge on any atom is 0.172 e. The molecule has 2 aromatic carbocycles. The topological polar surface area (TPSA) is 0 Å². The van der Waals surface area contributed by atoms with Crippen molar-refractivity contribution in [3.63, 3.8) is 0 Å². The minimum absolute atomic E-state index is 1.08. The van der Waals surface area contributed by atoms with Crippen LogP contribution in [0.2, 0.25) is 0 Å². The first-order valence-electron chi connectivity index (χ1n) is 8.26. The SMILES string of the molecule is C1=CCC([Si](C2=CC=CC2)(c2ccccc2)c2ccccc2)=C1. The average molecular weight is 312 g/mol. The summed E-state index contributed by atoms with van der Waals surface area (Å²) in [6.07, 6.45) is 15.9. The summed E-state index contributed by atoms with van der Waals surface area (Å²) in [5.74, 6) is 0. The monoisotopic (exact) mass is 312 g/mol. The van der Waals surface area contributed by atoms with Crippen LogP contribution in [-0.2, 0) is 0 Å². The molecule has 23 heavy (non-hydrogen) atoms. The van der Waals surface area contributed by atoms with E-state index in [0.29, 0.717) is 0 Å². The molecule has 0 saturated carbocycles. The number of benzene rings is 2. The van der Waals surface area contributed by atoms with Crippen LogP contribution in [-0.4, -0.2) is 8.07 Å². The Labute approximate surface area is 139 Å². The maximum atomic E-state index is 2.37. The lowest BCUT2D eigenvalue weighted by atomic mass is 10.4. The summed E-state index contributed by atoms with van der Waals surface area (Å²) < 4.78 is 0. The fraction of sp³-hybridized carbons (Fsp3) is 0.0909. The first kappa shape index (κ1) is 14.2. The standard InChI is InChI=1S/C22H20Si/c1-3-11-19(12-4-1)23(21-15-7-8-16-21,22-17-9-10-18-22)20-13-5-2-6-14-20/h1-15,17H,16,18H2. The van der Waals surface area contributed by atoms with Gasteiger partial charge < -0.3 is 0 Å². The van der Waals surface area contributed by atoms with E-state index < -0.39 is 8.07 Å². The molecule has 4 rings (SSSR count). The van der Waals surface area contributed by atoms with Gasteiger partial charge in [-0.25, -0.2) is 0 Å². The summed E-state index contributed by atoms with van der Waals surface area (Å²) in [7, 11) is -2.08. The Morgan fingerprint density at radius 2 is 1.00 bits per heavy atom. The molecule has 112 valence electrons. The second kappa shape index (κ2) is 6.02. The molecule has 1 heteroatoms. The lowest BCUT2D eigenvalue weighted by Crippen LogP contribution is -2.61. The van der Waals surface area contributed by atoms with Crippen LogP contribution in [0, 0.1) is 0 Å². The van der Waals surface area contributed by atoms with Crippen molar-refractivity contribution in [1.82, 2.24) is 0 Å². The second-order valence-corrected chi connectivity index (χ2v) is 10.1. The smallest absolute Gasteiger partial charge is 0.0808 e. The van der Waals surface area contributed by atoms with Crippen LogP contribution < -0.4 is 10.4 Å². The molecular weight excluding hydrogens is 292 g/mol. The van der Waals surface area contributed by atoms with Crippen LogP contribution >= 0.6 is 0 Å². The van der Waals surface area contributed by atoms with E-state index in [0.717, 1.165) is 12.8 Å². The van der Waals surface area contributed by atoms with Crippen LogP contribution in [0.25, 0.3) is 0 Å². The van der Waals surface area contributed by atoms with Gasteiger partial charge in [-0.05, 0) is 23.2 Å². The minimum atomic E-state index is -2.08. The second-order valence-electron chi connectivity index (χ2n) is 6.13. The van der Waals surface area contributed by atoms with Crippen molar-refractivity contribution in [2.24, 2.45) is 0 Å². The van der Waals surface area contributed by atoms with Crippen LogP contribution in [0.1, 0.15) is 12.8 Å². The van der Waals surface area contributed by atoms with Gasteiger partial charge in [-0.1, -0.05) is 108 Å². The number of hydrogen-bond donors (Lipinski definition) is 0. The van der Waals surface area contributed by atoms with Gasteiger partial charge in [-0.2, -0.15) is 0 Å². The highest BCUT2D eigenvalue weighted by Crippen LogP contribution is 2.33. The van der Waals surface area contributed by atoms with Crippen molar-refractivity contribution in [3.8, 4) is 0 Å². The zero-order valence-electron chi connectivity index (χ0n) is 13.2. The Morgan fingerprint density at radius 3 is 1.35 bits per heavy atom. The van der Waals surface area contributed by atoms with Gasteiger partial charge in [0.1, 0.15) is 0 Å². The summed E-state index contributed by atoms with van der Waals surface area (Å²) in [6, 6.07) is 22.3. The molecule has 0 nitrogen and oxygen atoms in total. The third-order valence-corrected chi connectivity index (χ3v) is 9.99. The van der Waals surface area contributed by atoms with Gasteiger partial charge in [-0.15, -0.1) is 0 Å². The summed E-state index contributed by atoms with van der Waals surface area (Å²) in [4.78, 5) is 0. The summed E-state index contributed by atoms with van der Waals surface area (Å²) in [5, 5.41) is 6.20. The molecule has 2 aromatic rings. The van der Waals surface area contributed by atoms with E-state index in [1.165, 1.54) is 10.4 Å². The molecule has 0 aliphatic heterocycles. The molecule has 0 atom stereocenters. The molecule has 0 N–H and O–H groups in total. The van der Waals surface area contributed by atoms with Gasteiger partial charge in [0.15, 0.2) is 8.07 Å². The van der Waals surface area contributed by atoms with E-state index in [1.54, 1.807) is 10.4 Å². The largest absolute Gasteiger partial charge is 0.172 e. The van der Waals surface area contributed by atoms with Gasteiger partial charge in [0.2, 0.25) is 0 Å². The zero-order chi connectivity index (χ0) is 15.5. The molecular formula is C22H20Si. The van der Waals surface area contributed by atoms with Crippen molar-refractivity contribution in [3.05, 3.63) is 108 Å². The maximum absolute atomic E-state index is 2.37. The van der Waals surface area contributed by atoms with Crippen LogP contribution in [0.3, 0.4) is 0 Å². The Morgan fingerprint density at radius 1 is 0.565 bits per heavy atom. The lowest BCUT2D eigenvalue weighted by Gasteiger charge is -2.36. The van der Waals surface area contributed by atoms with Gasteiger partial charge in [0, 0.05) is 0 Å². The van der Waals surface area contributed by atoms with Crippen molar-refractivity contribution >= 4 is 18.4 Å². The molecule has 2 aliphatic rings.